The Morgan fingerprint density at radius 2 is 2.00 bits per heavy atom. The first-order valence-electron chi connectivity index (χ1n) is 7.32. The van der Waals surface area contributed by atoms with Crippen LogP contribution in [0.4, 0.5) is 10.1 Å². The fraction of sp³-hybridized carbons (Fsp3) is 0.353. The highest BCUT2D eigenvalue weighted by Crippen LogP contribution is 2.29. The smallest absolute Gasteiger partial charge is 0.265 e. The predicted octanol–water partition coefficient (Wildman–Crippen LogP) is 4.72. The summed E-state index contributed by atoms with van der Waals surface area (Å²) >= 11 is 1.60. The van der Waals surface area contributed by atoms with E-state index in [9.17, 15) is 9.18 Å². The maximum absolute atomic E-state index is 13.1. The Kier molecular flexibility index (Phi) is 4.06. The number of hydrogen-bond acceptors (Lipinski definition) is 2. The molecular formula is C17H18FNOS. The van der Waals surface area contributed by atoms with Crippen molar-refractivity contribution in [3.05, 3.63) is 51.0 Å². The lowest BCUT2D eigenvalue weighted by atomic mass is 10.1. The summed E-state index contributed by atoms with van der Waals surface area (Å²) in [5.74, 6) is -0.379. The van der Waals surface area contributed by atoms with Crippen LogP contribution in [0, 0.1) is 12.7 Å². The number of nitrogens with one attached hydrogen (secondary N) is 1. The van der Waals surface area contributed by atoms with Crippen LogP contribution in [0.15, 0.2) is 24.3 Å². The van der Waals surface area contributed by atoms with Gasteiger partial charge in [-0.25, -0.2) is 4.39 Å². The summed E-state index contributed by atoms with van der Waals surface area (Å²) in [5, 5.41) is 2.88. The Morgan fingerprint density at radius 3 is 2.81 bits per heavy atom. The first-order valence-corrected chi connectivity index (χ1v) is 8.14. The molecule has 0 aliphatic heterocycles. The number of fused-ring (bicyclic) bond motifs is 1. The zero-order chi connectivity index (χ0) is 14.8. The van der Waals surface area contributed by atoms with Crippen molar-refractivity contribution in [3.8, 4) is 0 Å². The SMILES string of the molecule is Cc1cc(F)ccc1NC(=O)c1cc2c(s1)CCCCC2. The van der Waals surface area contributed by atoms with Crippen LogP contribution in [0.5, 0.6) is 0 Å². The van der Waals surface area contributed by atoms with Crippen LogP contribution < -0.4 is 5.32 Å². The average Bonchev–Trinajstić information content (AvgIpc) is 2.73. The summed E-state index contributed by atoms with van der Waals surface area (Å²) in [6.45, 7) is 1.79. The minimum Gasteiger partial charge on any atom is -0.321 e. The molecule has 1 N–H and O–H groups in total. The van der Waals surface area contributed by atoms with Crippen LogP contribution in [0.3, 0.4) is 0 Å². The molecule has 0 saturated heterocycles. The third-order valence-electron chi connectivity index (χ3n) is 3.91. The molecule has 3 rings (SSSR count). The van der Waals surface area contributed by atoms with Crippen molar-refractivity contribution < 1.29 is 9.18 Å². The average molecular weight is 303 g/mol. The molecule has 0 bridgehead atoms. The molecule has 0 saturated carbocycles. The molecule has 0 atom stereocenters. The highest BCUT2D eigenvalue weighted by molar-refractivity contribution is 7.14. The van der Waals surface area contributed by atoms with Gasteiger partial charge in [0.1, 0.15) is 5.82 Å². The van der Waals surface area contributed by atoms with E-state index in [2.05, 4.69) is 5.32 Å². The molecule has 110 valence electrons. The lowest BCUT2D eigenvalue weighted by Crippen LogP contribution is -2.11. The van der Waals surface area contributed by atoms with Crippen molar-refractivity contribution in [1.82, 2.24) is 0 Å². The van der Waals surface area contributed by atoms with Gasteiger partial charge in [-0.2, -0.15) is 0 Å². The molecule has 0 radical (unpaired) electrons. The highest BCUT2D eigenvalue weighted by atomic mass is 32.1. The van der Waals surface area contributed by atoms with E-state index in [1.807, 2.05) is 6.07 Å². The number of aryl methyl sites for hydroxylation is 3. The highest BCUT2D eigenvalue weighted by Gasteiger charge is 2.17. The Balaban J connectivity index is 1.79. The van der Waals surface area contributed by atoms with Crippen molar-refractivity contribution in [1.29, 1.82) is 0 Å². The molecule has 1 aromatic heterocycles. The molecule has 0 unspecified atom stereocenters. The van der Waals surface area contributed by atoms with E-state index in [4.69, 9.17) is 0 Å². The lowest BCUT2D eigenvalue weighted by molar-refractivity contribution is 0.103. The van der Waals surface area contributed by atoms with E-state index in [-0.39, 0.29) is 11.7 Å². The van der Waals surface area contributed by atoms with Gasteiger partial charge in [-0.05, 0) is 68.0 Å². The van der Waals surface area contributed by atoms with E-state index < -0.39 is 0 Å². The third-order valence-corrected chi connectivity index (χ3v) is 5.14. The quantitative estimate of drug-likeness (QED) is 0.799. The normalized spacial score (nSPS) is 14.4. The zero-order valence-corrected chi connectivity index (χ0v) is 12.9. The first kappa shape index (κ1) is 14.3. The molecule has 1 heterocycles. The number of rotatable bonds is 2. The molecule has 1 aliphatic carbocycles. The van der Waals surface area contributed by atoms with Crippen molar-refractivity contribution in [3.63, 3.8) is 0 Å². The largest absolute Gasteiger partial charge is 0.321 e. The van der Waals surface area contributed by atoms with Crippen LogP contribution in [0.1, 0.15) is 44.9 Å². The first-order chi connectivity index (χ1) is 10.1. The number of carbonyl (C=O) groups excluding carboxylic acids is 1. The standard InChI is InChI=1S/C17H18FNOS/c1-11-9-13(18)7-8-14(11)19-17(20)16-10-12-5-3-2-4-6-15(12)21-16/h7-10H,2-6H2,1H3,(H,19,20). The van der Waals surface area contributed by atoms with Crippen molar-refractivity contribution in [2.75, 3.05) is 5.32 Å². The van der Waals surface area contributed by atoms with Crippen LogP contribution in [-0.2, 0) is 12.8 Å². The number of carbonyl (C=O) groups is 1. The van der Waals surface area contributed by atoms with Gasteiger partial charge in [0.15, 0.2) is 0 Å². The molecule has 0 spiro atoms. The lowest BCUT2D eigenvalue weighted by Gasteiger charge is -2.07. The van der Waals surface area contributed by atoms with E-state index in [1.54, 1.807) is 24.3 Å². The van der Waals surface area contributed by atoms with Crippen LogP contribution in [0.2, 0.25) is 0 Å². The van der Waals surface area contributed by atoms with Gasteiger partial charge in [0.05, 0.1) is 4.88 Å². The fourth-order valence-electron chi connectivity index (χ4n) is 2.73. The van der Waals surface area contributed by atoms with Gasteiger partial charge in [0.25, 0.3) is 5.91 Å². The molecule has 2 aromatic rings. The van der Waals surface area contributed by atoms with Crippen molar-refractivity contribution in [2.45, 2.75) is 39.0 Å². The van der Waals surface area contributed by atoms with Gasteiger partial charge in [0, 0.05) is 10.6 Å². The monoisotopic (exact) mass is 303 g/mol. The molecule has 0 fully saturated rings. The van der Waals surface area contributed by atoms with Crippen molar-refractivity contribution in [2.24, 2.45) is 0 Å². The molecule has 1 amide bonds. The summed E-state index contributed by atoms with van der Waals surface area (Å²) in [5.41, 5.74) is 2.74. The number of amides is 1. The summed E-state index contributed by atoms with van der Waals surface area (Å²) in [4.78, 5) is 14.5. The van der Waals surface area contributed by atoms with Gasteiger partial charge in [0.2, 0.25) is 0 Å². The second kappa shape index (κ2) is 5.98. The van der Waals surface area contributed by atoms with Gasteiger partial charge in [-0.3, -0.25) is 4.79 Å². The Bertz CT molecular complexity index is 654. The second-order valence-electron chi connectivity index (χ2n) is 5.53. The Labute approximate surface area is 128 Å². The van der Waals surface area contributed by atoms with E-state index in [0.717, 1.165) is 23.3 Å². The van der Waals surface area contributed by atoms with E-state index >= 15 is 0 Å². The number of anilines is 1. The van der Waals surface area contributed by atoms with Crippen LogP contribution >= 0.6 is 11.3 Å². The number of thiophene rings is 1. The molecule has 4 heteroatoms. The summed E-state index contributed by atoms with van der Waals surface area (Å²) in [6.07, 6.45) is 5.86. The van der Waals surface area contributed by atoms with Gasteiger partial charge in [-0.15, -0.1) is 11.3 Å². The fourth-order valence-corrected chi connectivity index (χ4v) is 3.88. The minimum atomic E-state index is -0.284. The maximum Gasteiger partial charge on any atom is 0.265 e. The summed E-state index contributed by atoms with van der Waals surface area (Å²) in [7, 11) is 0. The molecular weight excluding hydrogens is 285 g/mol. The van der Waals surface area contributed by atoms with Gasteiger partial charge < -0.3 is 5.32 Å². The molecule has 1 aliphatic rings. The van der Waals surface area contributed by atoms with Gasteiger partial charge in [-0.1, -0.05) is 6.42 Å². The van der Waals surface area contributed by atoms with Crippen LogP contribution in [-0.4, -0.2) is 5.91 Å². The Hall–Kier alpha value is -1.68. The minimum absolute atomic E-state index is 0.0946. The van der Waals surface area contributed by atoms with Crippen LogP contribution in [0.25, 0.3) is 0 Å². The predicted molar refractivity (Wildman–Crippen MR) is 84.7 cm³/mol. The molecule has 1 aromatic carbocycles. The molecule has 21 heavy (non-hydrogen) atoms. The van der Waals surface area contributed by atoms with Crippen molar-refractivity contribution >= 4 is 22.9 Å². The summed E-state index contributed by atoms with van der Waals surface area (Å²) < 4.78 is 13.1. The molecule has 2 nitrogen and oxygen atoms in total. The number of hydrogen-bond donors (Lipinski definition) is 1. The second-order valence-corrected chi connectivity index (χ2v) is 6.67. The van der Waals surface area contributed by atoms with E-state index in [0.29, 0.717) is 5.69 Å². The topological polar surface area (TPSA) is 29.1 Å². The number of benzene rings is 1. The summed E-state index contributed by atoms with van der Waals surface area (Å²) in [6, 6.07) is 6.44. The zero-order valence-electron chi connectivity index (χ0n) is 12.0. The number of halogens is 1. The third kappa shape index (κ3) is 3.16. The Morgan fingerprint density at radius 1 is 1.19 bits per heavy atom. The maximum atomic E-state index is 13.1. The van der Waals surface area contributed by atoms with Gasteiger partial charge >= 0.3 is 0 Å². The van der Waals surface area contributed by atoms with E-state index in [1.165, 1.54) is 41.8 Å².